The lowest BCUT2D eigenvalue weighted by molar-refractivity contribution is -0.140. The highest BCUT2D eigenvalue weighted by Gasteiger charge is 2.40. The molecule has 0 aliphatic carbocycles. The van der Waals surface area contributed by atoms with Crippen LogP contribution in [0, 0.1) is 31.4 Å². The number of benzene rings is 4. The van der Waals surface area contributed by atoms with Gasteiger partial charge < -0.3 is 33.6 Å². The van der Waals surface area contributed by atoms with Crippen molar-refractivity contribution in [1.82, 2.24) is 48.7 Å². The lowest BCUT2D eigenvalue weighted by atomic mass is 9.88. The quantitative estimate of drug-likeness (QED) is 0.0433. The van der Waals surface area contributed by atoms with Gasteiger partial charge in [-0.05, 0) is 211 Å². The van der Waals surface area contributed by atoms with Gasteiger partial charge in [-0.2, -0.15) is 57.5 Å². The molecular weight excluding hydrogens is 1490 g/mol. The Balaban J connectivity index is 0.000000249. The molecule has 3 aromatic heterocycles. The zero-order chi connectivity index (χ0) is 80.5. The fraction of sp³-hybridized carbons (Fsp3) is 0.487. The number of piperidine rings is 2. The summed E-state index contributed by atoms with van der Waals surface area (Å²) >= 11 is 4.95. The number of hydrogen-bond donors (Lipinski definition) is 1. The molecule has 4 fully saturated rings. The van der Waals surface area contributed by atoms with E-state index in [4.69, 9.17) is 30.5 Å². The zero-order valence-electron chi connectivity index (χ0n) is 63.0. The van der Waals surface area contributed by atoms with Crippen molar-refractivity contribution >= 4 is 54.8 Å². The molecule has 109 heavy (non-hydrogen) atoms. The van der Waals surface area contributed by atoms with Gasteiger partial charge in [-0.1, -0.05) is 56.2 Å². The number of carbonyl (C=O) groups is 3. The number of likely N-dealkylation sites (tertiary alicyclic amines) is 2. The molecule has 596 valence electrons. The van der Waals surface area contributed by atoms with E-state index in [9.17, 15) is 66.3 Å². The summed E-state index contributed by atoms with van der Waals surface area (Å²) < 4.78 is 180. The Labute approximate surface area is 637 Å². The molecule has 7 aromatic rings. The van der Waals surface area contributed by atoms with E-state index in [1.807, 2.05) is 27.7 Å². The molecule has 4 aliphatic rings. The Hall–Kier alpha value is -8.56. The van der Waals surface area contributed by atoms with Crippen LogP contribution in [0.4, 0.5) is 44.7 Å². The topological polar surface area (TPSA) is 260 Å². The SMILES string of the molecule is C1CCOC1.C1CCOC1.CCN(CC)CC.Cc1ccc(S(=O)(=O)N/N=C(\Cc2ccncn2)C2CCN(C(=O)OC(C)(C)C)CC2)cc1.Cc1ccc(S(=O)(=O)n2nc(C3CCN(C(=O)OC(C)(C)C)CC3)c(-c3ccncn3)c2-c2ccc(F)c(C(F)(F)F)c2)cc1.O=C(Cl)c1ccc(F)c(C(F)(F)F)c1. The lowest BCUT2D eigenvalue weighted by Crippen LogP contribution is -2.43. The van der Waals surface area contributed by atoms with Gasteiger partial charge in [0.25, 0.3) is 25.3 Å². The fourth-order valence-electron chi connectivity index (χ4n) is 11.2. The van der Waals surface area contributed by atoms with E-state index < -0.39 is 83.6 Å². The molecule has 0 atom stereocenters. The number of aromatic nitrogens is 6. The van der Waals surface area contributed by atoms with Crippen molar-refractivity contribution in [1.29, 1.82) is 0 Å². The molecule has 7 heterocycles. The van der Waals surface area contributed by atoms with Crippen LogP contribution in [-0.2, 0) is 57.8 Å². The van der Waals surface area contributed by atoms with Crippen LogP contribution < -0.4 is 4.83 Å². The fourth-order valence-corrected chi connectivity index (χ4v) is 13.5. The minimum atomic E-state index is -5.05. The standard InChI is InChI=1S/C31H31F4N5O4S.C23H31N5O4S.C8H3ClF4O.C6H15N.2C4H8O/c1-19-5-8-22(9-6-19)45(42,43)40-28(21-7-10-24(32)23(17-21)31(33,34)35)26(25-11-14-36-18-37-25)27(38-40)20-12-15-39(16-13-20)29(41)44-30(2,3)4;1-17-5-7-20(8-6-17)33(30,31)27-26-21(15-19-9-12-24-16-25-19)18-10-13-28(14-11-18)22(29)32-23(2,3)4;9-7(14)4-1-2-6(10)5(3-4)8(11,12)13;1-4-7(5-2)6-3;2*1-2-4-5-3-1/h5-11,14,17-18,20H,12-13,15-16H2,1-4H3;5-9,12,16,18,27H,10-11,13-15H2,1-4H3;1-3H;4-6H2,1-3H3;2*1-4H2/b;26-21+;;;;. The van der Waals surface area contributed by atoms with E-state index in [0.717, 1.165) is 55.4 Å². The van der Waals surface area contributed by atoms with Gasteiger partial charge in [0.2, 0.25) is 0 Å². The summed E-state index contributed by atoms with van der Waals surface area (Å²) in [6.07, 6.45) is 2.54. The molecule has 4 aliphatic heterocycles. The van der Waals surface area contributed by atoms with Gasteiger partial charge in [-0.15, -0.1) is 0 Å². The van der Waals surface area contributed by atoms with Crippen molar-refractivity contribution in [3.63, 3.8) is 0 Å². The van der Waals surface area contributed by atoms with Gasteiger partial charge in [-0.25, -0.2) is 43.1 Å². The smallest absolute Gasteiger partial charge is 0.419 e. The lowest BCUT2D eigenvalue weighted by Gasteiger charge is -2.33. The molecule has 22 nitrogen and oxygen atoms in total. The molecule has 2 amide bonds. The van der Waals surface area contributed by atoms with Gasteiger partial charge in [-0.3, -0.25) is 4.79 Å². The molecular formula is C76H96ClF8N11O11S2. The van der Waals surface area contributed by atoms with Crippen molar-refractivity contribution in [3.05, 3.63) is 173 Å². The maximum absolute atomic E-state index is 14.4. The molecule has 0 unspecified atom stereocenters. The summed E-state index contributed by atoms with van der Waals surface area (Å²) in [5.74, 6) is -3.35. The molecule has 0 radical (unpaired) electrons. The van der Waals surface area contributed by atoms with Crippen LogP contribution >= 0.6 is 11.6 Å². The number of amides is 2. The largest absolute Gasteiger partial charge is 0.444 e. The number of hydrazone groups is 1. The first kappa shape index (κ1) is 89.3. The van der Waals surface area contributed by atoms with Crippen molar-refractivity contribution in [2.45, 2.75) is 173 Å². The van der Waals surface area contributed by atoms with E-state index in [0.29, 0.717) is 79.3 Å². The van der Waals surface area contributed by atoms with Crippen molar-refractivity contribution in [2.24, 2.45) is 11.0 Å². The summed E-state index contributed by atoms with van der Waals surface area (Å²) in [6, 6.07) is 19.9. The van der Waals surface area contributed by atoms with Gasteiger partial charge in [0.15, 0.2) is 0 Å². The third-order valence-corrected chi connectivity index (χ3v) is 20.1. The van der Waals surface area contributed by atoms with E-state index in [-0.39, 0.29) is 68.7 Å². The average Bonchev–Trinajstić information content (AvgIpc) is 1.59. The summed E-state index contributed by atoms with van der Waals surface area (Å²) in [4.78, 5) is 60.0. The summed E-state index contributed by atoms with van der Waals surface area (Å²) in [6.45, 7) is 30.1. The summed E-state index contributed by atoms with van der Waals surface area (Å²) in [7, 11) is -8.29. The number of rotatable bonds is 15. The average molecular weight is 1590 g/mol. The molecule has 1 N–H and O–H groups in total. The van der Waals surface area contributed by atoms with Crippen LogP contribution in [0.15, 0.2) is 137 Å². The summed E-state index contributed by atoms with van der Waals surface area (Å²) in [5.41, 5.74) is -1.29. The zero-order valence-corrected chi connectivity index (χ0v) is 65.4. The number of nitrogens with one attached hydrogen (secondary N) is 1. The maximum atomic E-state index is 14.4. The minimum absolute atomic E-state index is 0.000583. The molecule has 33 heteroatoms. The monoisotopic (exact) mass is 1590 g/mol. The number of alkyl halides is 6. The number of nitrogens with zero attached hydrogens (tertiary/aromatic N) is 10. The number of sulfonamides is 1. The molecule has 4 aromatic carbocycles. The van der Waals surface area contributed by atoms with Crippen molar-refractivity contribution in [2.75, 3.05) is 72.2 Å². The molecule has 11 rings (SSSR count). The van der Waals surface area contributed by atoms with E-state index in [2.05, 4.69) is 60.6 Å². The Bertz CT molecular complexity index is 4290. The van der Waals surface area contributed by atoms with Gasteiger partial charge >= 0.3 is 24.5 Å². The normalized spacial score (nSPS) is 15.3. The predicted molar refractivity (Wildman–Crippen MR) is 398 cm³/mol. The third kappa shape index (κ3) is 28.1. The first-order valence-electron chi connectivity index (χ1n) is 35.6. The maximum Gasteiger partial charge on any atom is 0.419 e. The first-order chi connectivity index (χ1) is 51.3. The molecule has 0 spiro atoms. The second kappa shape index (κ2) is 40.9. The number of ether oxygens (including phenoxy) is 4. The van der Waals surface area contributed by atoms with Crippen LogP contribution in [0.25, 0.3) is 22.5 Å². The van der Waals surface area contributed by atoms with E-state index >= 15 is 0 Å². The third-order valence-electron chi connectivity index (χ3n) is 17.1. The predicted octanol–water partition coefficient (Wildman–Crippen LogP) is 16.3. The molecule has 0 bridgehead atoms. The number of halogens is 9. The number of hydrogen-bond acceptors (Lipinski definition) is 18. The highest BCUT2D eigenvalue weighted by molar-refractivity contribution is 7.90. The van der Waals surface area contributed by atoms with E-state index in [1.54, 1.807) is 86.2 Å². The van der Waals surface area contributed by atoms with Crippen LogP contribution in [0.1, 0.15) is 164 Å². The van der Waals surface area contributed by atoms with Crippen molar-refractivity contribution < 1.29 is 85.3 Å². The minimum Gasteiger partial charge on any atom is -0.444 e. The Morgan fingerprint density at radius 3 is 1.49 bits per heavy atom. The summed E-state index contributed by atoms with van der Waals surface area (Å²) in [5, 5.41) is 7.83. The van der Waals surface area contributed by atoms with Crippen LogP contribution in [-0.4, -0.2) is 167 Å². The highest BCUT2D eigenvalue weighted by atomic mass is 35.5. The van der Waals surface area contributed by atoms with Crippen molar-refractivity contribution in [3.8, 4) is 22.5 Å². The molecule has 0 saturated carbocycles. The second-order valence-corrected chi connectivity index (χ2v) is 31.4. The molecule has 4 saturated heterocycles. The second-order valence-electron chi connectivity index (χ2n) is 27.7. The van der Waals surface area contributed by atoms with Gasteiger partial charge in [0.1, 0.15) is 35.5 Å². The number of carbonyl (C=O) groups excluding carboxylic acids is 3. The van der Waals surface area contributed by atoms with Crippen LogP contribution in [0.2, 0.25) is 0 Å². The van der Waals surface area contributed by atoms with Gasteiger partial charge in [0.05, 0.1) is 43.6 Å². The Morgan fingerprint density at radius 1 is 0.615 bits per heavy atom. The van der Waals surface area contributed by atoms with E-state index in [1.165, 1.54) is 82.4 Å². The highest BCUT2D eigenvalue weighted by Crippen LogP contribution is 2.44. The Morgan fingerprint density at radius 2 is 1.07 bits per heavy atom. The van der Waals surface area contributed by atoms with Crippen LogP contribution in [0.5, 0.6) is 0 Å². The van der Waals surface area contributed by atoms with Crippen LogP contribution in [0.3, 0.4) is 0 Å². The van der Waals surface area contributed by atoms with Gasteiger partial charge in [0, 0.05) is 106 Å². The first-order valence-corrected chi connectivity index (χ1v) is 39.0. The Kier molecular flexibility index (Phi) is 33.5. The number of aryl methyl sites for hydroxylation is 2.